The van der Waals surface area contributed by atoms with E-state index >= 15 is 0 Å². The molecule has 2 aliphatic carbocycles. The van der Waals surface area contributed by atoms with Crippen LogP contribution in [0.4, 0.5) is 0 Å². The Morgan fingerprint density at radius 1 is 1.20 bits per heavy atom. The van der Waals surface area contributed by atoms with Crippen molar-refractivity contribution in [1.82, 2.24) is 0 Å². The highest BCUT2D eigenvalue weighted by Gasteiger charge is 2.37. The maximum absolute atomic E-state index is 11.9. The summed E-state index contributed by atoms with van der Waals surface area (Å²) in [6, 6.07) is 0. The van der Waals surface area contributed by atoms with Crippen molar-refractivity contribution in [2.75, 3.05) is 0 Å². The van der Waals surface area contributed by atoms with Gasteiger partial charge in [0.2, 0.25) is 0 Å². The summed E-state index contributed by atoms with van der Waals surface area (Å²) in [6.45, 7) is 4.39. The van der Waals surface area contributed by atoms with E-state index in [2.05, 4.69) is 13.8 Å². The van der Waals surface area contributed by atoms with Gasteiger partial charge in [-0.15, -0.1) is 0 Å². The van der Waals surface area contributed by atoms with Crippen LogP contribution in [0.3, 0.4) is 0 Å². The van der Waals surface area contributed by atoms with Crippen molar-refractivity contribution >= 4 is 5.78 Å². The molecule has 0 heterocycles. The Labute approximate surface area is 92.9 Å². The van der Waals surface area contributed by atoms with Gasteiger partial charge in [-0.1, -0.05) is 38.7 Å². The topological polar surface area (TPSA) is 17.1 Å². The average molecular weight is 206 g/mol. The summed E-state index contributed by atoms with van der Waals surface area (Å²) in [5, 5.41) is 0. The standard InChI is InChI=1S/C14H22O/c1-10(2)14-12-8-6-4-3-5-7-11(12)9-13(14)15/h9-10,12,14H,3-8H2,1-2H3. The lowest BCUT2D eigenvalue weighted by atomic mass is 9.77. The number of fused-ring (bicyclic) bond motifs is 1. The summed E-state index contributed by atoms with van der Waals surface area (Å²) in [5.41, 5.74) is 1.47. The van der Waals surface area contributed by atoms with E-state index in [0.29, 0.717) is 23.5 Å². The number of carbonyl (C=O) groups is 1. The van der Waals surface area contributed by atoms with Gasteiger partial charge in [0.1, 0.15) is 0 Å². The molecule has 0 aromatic rings. The molecular weight excluding hydrogens is 184 g/mol. The minimum atomic E-state index is 0.304. The van der Waals surface area contributed by atoms with Crippen LogP contribution in [0.1, 0.15) is 52.4 Å². The average Bonchev–Trinajstić information content (AvgIpc) is 2.42. The Kier molecular flexibility index (Phi) is 3.28. The van der Waals surface area contributed by atoms with Crippen molar-refractivity contribution < 1.29 is 4.79 Å². The molecule has 1 nitrogen and oxygen atoms in total. The smallest absolute Gasteiger partial charge is 0.159 e. The van der Waals surface area contributed by atoms with Crippen molar-refractivity contribution in [2.45, 2.75) is 52.4 Å². The van der Waals surface area contributed by atoms with Crippen molar-refractivity contribution in [3.8, 4) is 0 Å². The molecule has 2 rings (SSSR count). The van der Waals surface area contributed by atoms with Crippen LogP contribution in [-0.2, 0) is 4.79 Å². The Morgan fingerprint density at radius 3 is 2.67 bits per heavy atom. The highest BCUT2D eigenvalue weighted by molar-refractivity contribution is 5.95. The fraction of sp³-hybridized carbons (Fsp3) is 0.786. The van der Waals surface area contributed by atoms with E-state index in [4.69, 9.17) is 0 Å². The number of hydrogen-bond donors (Lipinski definition) is 0. The number of carbonyl (C=O) groups excluding carboxylic acids is 1. The lowest BCUT2D eigenvalue weighted by Gasteiger charge is -2.26. The zero-order valence-corrected chi connectivity index (χ0v) is 9.96. The summed E-state index contributed by atoms with van der Waals surface area (Å²) in [4.78, 5) is 11.9. The van der Waals surface area contributed by atoms with Gasteiger partial charge >= 0.3 is 0 Å². The monoisotopic (exact) mass is 206 g/mol. The van der Waals surface area contributed by atoms with Crippen LogP contribution < -0.4 is 0 Å². The molecular formula is C14H22O. The van der Waals surface area contributed by atoms with Gasteiger partial charge < -0.3 is 0 Å². The first-order chi connectivity index (χ1) is 7.20. The van der Waals surface area contributed by atoms with Crippen LogP contribution in [0.5, 0.6) is 0 Å². The highest BCUT2D eigenvalue weighted by Crippen LogP contribution is 2.41. The first kappa shape index (κ1) is 10.9. The Balaban J connectivity index is 2.16. The summed E-state index contributed by atoms with van der Waals surface area (Å²) in [7, 11) is 0. The van der Waals surface area contributed by atoms with Crippen LogP contribution in [-0.4, -0.2) is 5.78 Å². The first-order valence-corrected chi connectivity index (χ1v) is 6.44. The van der Waals surface area contributed by atoms with Crippen molar-refractivity contribution in [1.29, 1.82) is 0 Å². The zero-order valence-electron chi connectivity index (χ0n) is 9.96. The number of allylic oxidation sites excluding steroid dienone is 2. The predicted molar refractivity (Wildman–Crippen MR) is 62.6 cm³/mol. The third kappa shape index (κ3) is 2.16. The summed E-state index contributed by atoms with van der Waals surface area (Å²) in [6.07, 6.45) is 9.73. The molecule has 0 bridgehead atoms. The van der Waals surface area contributed by atoms with Gasteiger partial charge in [0, 0.05) is 5.92 Å². The van der Waals surface area contributed by atoms with Gasteiger partial charge in [0.25, 0.3) is 0 Å². The molecule has 15 heavy (non-hydrogen) atoms. The fourth-order valence-electron chi connectivity index (χ4n) is 3.28. The van der Waals surface area contributed by atoms with E-state index in [9.17, 15) is 4.79 Å². The summed E-state index contributed by atoms with van der Waals surface area (Å²) >= 11 is 0. The second kappa shape index (κ2) is 4.51. The van der Waals surface area contributed by atoms with Crippen LogP contribution in [0, 0.1) is 17.8 Å². The molecule has 84 valence electrons. The fourth-order valence-corrected chi connectivity index (χ4v) is 3.28. The van der Waals surface area contributed by atoms with E-state index in [1.165, 1.54) is 44.1 Å². The van der Waals surface area contributed by atoms with Gasteiger partial charge in [-0.2, -0.15) is 0 Å². The Hall–Kier alpha value is -0.590. The second-order valence-electron chi connectivity index (χ2n) is 5.45. The summed E-state index contributed by atoms with van der Waals surface area (Å²) < 4.78 is 0. The molecule has 1 heteroatoms. The largest absolute Gasteiger partial charge is 0.295 e. The molecule has 2 unspecified atom stereocenters. The zero-order chi connectivity index (χ0) is 10.8. The molecule has 0 spiro atoms. The van der Waals surface area contributed by atoms with Gasteiger partial charge in [-0.05, 0) is 37.2 Å². The Morgan fingerprint density at radius 2 is 1.93 bits per heavy atom. The van der Waals surface area contributed by atoms with E-state index in [-0.39, 0.29) is 0 Å². The molecule has 0 amide bonds. The molecule has 1 fully saturated rings. The quantitative estimate of drug-likeness (QED) is 0.638. The molecule has 0 saturated heterocycles. The third-order valence-corrected chi connectivity index (χ3v) is 4.01. The molecule has 0 radical (unpaired) electrons. The normalized spacial score (nSPS) is 32.2. The lowest BCUT2D eigenvalue weighted by molar-refractivity contribution is -0.119. The number of ketones is 1. The third-order valence-electron chi connectivity index (χ3n) is 4.01. The van der Waals surface area contributed by atoms with Crippen LogP contribution in [0.2, 0.25) is 0 Å². The van der Waals surface area contributed by atoms with E-state index in [1.807, 2.05) is 6.08 Å². The second-order valence-corrected chi connectivity index (χ2v) is 5.45. The molecule has 0 N–H and O–H groups in total. The maximum Gasteiger partial charge on any atom is 0.159 e. The minimum Gasteiger partial charge on any atom is -0.295 e. The Bertz CT molecular complexity index is 275. The summed E-state index contributed by atoms with van der Waals surface area (Å²) in [5.74, 6) is 1.82. The highest BCUT2D eigenvalue weighted by atomic mass is 16.1. The predicted octanol–water partition coefficient (Wildman–Crippen LogP) is 3.74. The molecule has 2 atom stereocenters. The lowest BCUT2D eigenvalue weighted by Crippen LogP contribution is -2.23. The van der Waals surface area contributed by atoms with Gasteiger partial charge in [-0.3, -0.25) is 4.79 Å². The van der Waals surface area contributed by atoms with Crippen LogP contribution in [0.15, 0.2) is 11.6 Å². The number of hydrogen-bond acceptors (Lipinski definition) is 1. The van der Waals surface area contributed by atoms with Crippen molar-refractivity contribution in [2.24, 2.45) is 17.8 Å². The van der Waals surface area contributed by atoms with Crippen molar-refractivity contribution in [3.63, 3.8) is 0 Å². The van der Waals surface area contributed by atoms with Crippen molar-refractivity contribution in [3.05, 3.63) is 11.6 Å². The molecule has 1 saturated carbocycles. The number of rotatable bonds is 1. The molecule has 0 aromatic heterocycles. The first-order valence-electron chi connectivity index (χ1n) is 6.44. The van der Waals surface area contributed by atoms with E-state index < -0.39 is 0 Å². The maximum atomic E-state index is 11.9. The van der Waals surface area contributed by atoms with Gasteiger partial charge in [-0.25, -0.2) is 0 Å². The SMILES string of the molecule is CC(C)C1C(=O)C=C2CCCCCCC21. The minimum absolute atomic E-state index is 0.304. The van der Waals surface area contributed by atoms with Gasteiger partial charge in [0.05, 0.1) is 0 Å². The molecule has 0 aromatic carbocycles. The van der Waals surface area contributed by atoms with Crippen LogP contribution in [0.25, 0.3) is 0 Å². The van der Waals surface area contributed by atoms with E-state index in [0.717, 1.165) is 0 Å². The van der Waals surface area contributed by atoms with Crippen LogP contribution >= 0.6 is 0 Å². The molecule has 0 aliphatic heterocycles. The molecule has 2 aliphatic rings. The van der Waals surface area contributed by atoms with Gasteiger partial charge in [0.15, 0.2) is 5.78 Å². The van der Waals surface area contributed by atoms with E-state index in [1.54, 1.807) is 0 Å².